The molecule has 0 atom stereocenters. The SMILES string of the molecule is COC(=O)/C=C1/S/C(=N\N=Cc2ccc(OCc3ccc(Cl)cc3F)cc2)NC1=O. The van der Waals surface area contributed by atoms with E-state index in [2.05, 4.69) is 20.3 Å². The number of hydrogen-bond acceptors (Lipinski definition) is 7. The van der Waals surface area contributed by atoms with E-state index in [1.165, 1.54) is 19.4 Å². The Morgan fingerprint density at radius 1 is 1.27 bits per heavy atom. The van der Waals surface area contributed by atoms with Crippen molar-refractivity contribution in [1.29, 1.82) is 0 Å². The van der Waals surface area contributed by atoms with E-state index in [0.717, 1.165) is 23.4 Å². The molecule has 1 N–H and O–H groups in total. The summed E-state index contributed by atoms with van der Waals surface area (Å²) in [4.78, 5) is 23.1. The number of halogens is 2. The molecule has 7 nitrogen and oxygen atoms in total. The van der Waals surface area contributed by atoms with E-state index in [4.69, 9.17) is 16.3 Å². The molecule has 2 aromatic rings. The zero-order valence-corrected chi connectivity index (χ0v) is 17.2. The van der Waals surface area contributed by atoms with E-state index >= 15 is 0 Å². The van der Waals surface area contributed by atoms with E-state index in [0.29, 0.717) is 16.3 Å². The molecular formula is C20H15ClFN3O4S. The first-order valence-electron chi connectivity index (χ1n) is 8.51. The zero-order chi connectivity index (χ0) is 21.5. The average molecular weight is 448 g/mol. The molecular weight excluding hydrogens is 433 g/mol. The fourth-order valence-electron chi connectivity index (χ4n) is 2.24. The number of esters is 1. The van der Waals surface area contributed by atoms with Crippen molar-refractivity contribution in [2.45, 2.75) is 6.61 Å². The van der Waals surface area contributed by atoms with Gasteiger partial charge in [-0.05, 0) is 53.7 Å². The molecule has 0 aromatic heterocycles. The third-order valence-electron chi connectivity index (χ3n) is 3.75. The van der Waals surface area contributed by atoms with Crippen molar-refractivity contribution >= 4 is 46.6 Å². The van der Waals surface area contributed by atoms with Crippen LogP contribution in [0.2, 0.25) is 5.02 Å². The van der Waals surface area contributed by atoms with Gasteiger partial charge < -0.3 is 9.47 Å². The van der Waals surface area contributed by atoms with Gasteiger partial charge in [-0.3, -0.25) is 10.1 Å². The summed E-state index contributed by atoms with van der Waals surface area (Å²) in [5, 5.41) is 10.9. The minimum atomic E-state index is -0.626. The highest BCUT2D eigenvalue weighted by Crippen LogP contribution is 2.23. The standard InChI is InChI=1S/C20H15ClFN3O4S/c1-28-18(26)9-17-19(27)24-20(30-17)25-23-10-12-2-6-15(7-3-12)29-11-13-4-5-14(21)8-16(13)22/h2-10H,11H2,1H3,(H,24,25,27)/b17-9+,23-10?. The molecule has 1 fully saturated rings. The van der Waals surface area contributed by atoms with Gasteiger partial charge in [0.1, 0.15) is 18.2 Å². The van der Waals surface area contributed by atoms with Gasteiger partial charge in [-0.2, -0.15) is 5.10 Å². The maximum Gasteiger partial charge on any atom is 0.331 e. The quantitative estimate of drug-likeness (QED) is 0.316. The predicted octanol–water partition coefficient (Wildman–Crippen LogP) is 3.67. The van der Waals surface area contributed by atoms with Gasteiger partial charge in [-0.1, -0.05) is 17.7 Å². The third-order valence-corrected chi connectivity index (χ3v) is 4.88. The Labute approximate surface area is 180 Å². The smallest absolute Gasteiger partial charge is 0.331 e. The Morgan fingerprint density at radius 2 is 2.03 bits per heavy atom. The van der Waals surface area contributed by atoms with Gasteiger partial charge in [0.05, 0.1) is 18.2 Å². The normalized spacial score (nSPS) is 16.3. The molecule has 0 bridgehead atoms. The summed E-state index contributed by atoms with van der Waals surface area (Å²) in [5.41, 5.74) is 1.14. The number of nitrogens with zero attached hydrogens (tertiary/aromatic N) is 2. The molecule has 0 radical (unpaired) electrons. The molecule has 1 amide bonds. The summed E-state index contributed by atoms with van der Waals surface area (Å²) >= 11 is 6.71. The van der Waals surface area contributed by atoms with E-state index in [-0.39, 0.29) is 16.7 Å². The Hall–Kier alpha value is -3.17. The van der Waals surface area contributed by atoms with Crippen LogP contribution in [0.4, 0.5) is 4.39 Å². The Bertz CT molecular complexity index is 1050. The molecule has 0 spiro atoms. The van der Waals surface area contributed by atoms with Crippen LogP contribution >= 0.6 is 23.4 Å². The van der Waals surface area contributed by atoms with E-state index in [1.54, 1.807) is 36.4 Å². The number of rotatable bonds is 6. The lowest BCUT2D eigenvalue weighted by Gasteiger charge is -2.07. The molecule has 1 aliphatic heterocycles. The summed E-state index contributed by atoms with van der Waals surface area (Å²) in [6.45, 7) is 0.0719. The second-order valence-electron chi connectivity index (χ2n) is 5.83. The van der Waals surface area contributed by atoms with Crippen LogP contribution < -0.4 is 10.1 Å². The molecule has 2 aromatic carbocycles. The van der Waals surface area contributed by atoms with E-state index in [1.807, 2.05) is 0 Å². The van der Waals surface area contributed by atoms with Crippen molar-refractivity contribution in [3.63, 3.8) is 0 Å². The van der Waals surface area contributed by atoms with Crippen LogP contribution in [-0.2, 0) is 20.9 Å². The Morgan fingerprint density at radius 3 is 2.73 bits per heavy atom. The molecule has 3 rings (SSSR count). The van der Waals surface area contributed by atoms with Gasteiger partial charge in [0, 0.05) is 16.7 Å². The number of ether oxygens (including phenoxy) is 2. The summed E-state index contributed by atoms with van der Waals surface area (Å²) in [6.07, 6.45) is 2.57. The highest BCUT2D eigenvalue weighted by molar-refractivity contribution is 8.18. The summed E-state index contributed by atoms with van der Waals surface area (Å²) in [7, 11) is 1.22. The van der Waals surface area contributed by atoms with Crippen molar-refractivity contribution in [1.82, 2.24) is 5.32 Å². The first-order chi connectivity index (χ1) is 14.4. The summed E-state index contributed by atoms with van der Waals surface area (Å²) < 4.78 is 23.8. The van der Waals surface area contributed by atoms with Crippen molar-refractivity contribution in [2.75, 3.05) is 7.11 Å². The van der Waals surface area contributed by atoms with Crippen LogP contribution in [0, 0.1) is 5.82 Å². The van der Waals surface area contributed by atoms with Gasteiger partial charge >= 0.3 is 5.97 Å². The second kappa shape index (κ2) is 10.0. The molecule has 0 saturated carbocycles. The fraction of sp³-hybridized carbons (Fsp3) is 0.100. The number of benzene rings is 2. The molecule has 1 aliphatic rings. The minimum absolute atomic E-state index is 0.0719. The Balaban J connectivity index is 1.56. The topological polar surface area (TPSA) is 89.3 Å². The summed E-state index contributed by atoms with van der Waals surface area (Å²) in [5.74, 6) is -0.938. The van der Waals surface area contributed by atoms with Crippen LogP contribution in [0.3, 0.4) is 0 Å². The van der Waals surface area contributed by atoms with Crippen molar-refractivity contribution in [3.8, 4) is 5.75 Å². The van der Waals surface area contributed by atoms with Gasteiger partial charge in [-0.25, -0.2) is 9.18 Å². The highest BCUT2D eigenvalue weighted by Gasteiger charge is 2.24. The number of methoxy groups -OCH3 is 1. The van der Waals surface area contributed by atoms with Crippen molar-refractivity contribution in [2.24, 2.45) is 10.2 Å². The van der Waals surface area contributed by atoms with Crippen LogP contribution in [0.5, 0.6) is 5.75 Å². The molecule has 10 heteroatoms. The van der Waals surface area contributed by atoms with Crippen LogP contribution in [-0.4, -0.2) is 30.4 Å². The molecule has 30 heavy (non-hydrogen) atoms. The van der Waals surface area contributed by atoms with Gasteiger partial charge in [-0.15, -0.1) is 5.10 Å². The molecule has 0 unspecified atom stereocenters. The second-order valence-corrected chi connectivity index (χ2v) is 7.30. The molecule has 1 saturated heterocycles. The Kier molecular flexibility index (Phi) is 7.21. The molecule has 0 aliphatic carbocycles. The average Bonchev–Trinajstić information content (AvgIpc) is 3.07. The maximum absolute atomic E-state index is 13.8. The van der Waals surface area contributed by atoms with E-state index in [9.17, 15) is 14.0 Å². The van der Waals surface area contributed by atoms with Crippen molar-refractivity contribution < 1.29 is 23.5 Å². The largest absolute Gasteiger partial charge is 0.489 e. The van der Waals surface area contributed by atoms with Crippen LogP contribution in [0.15, 0.2) is 63.6 Å². The number of amides is 1. The summed E-state index contributed by atoms with van der Waals surface area (Å²) in [6, 6.07) is 11.3. The van der Waals surface area contributed by atoms with E-state index < -0.39 is 17.7 Å². The minimum Gasteiger partial charge on any atom is -0.489 e. The van der Waals surface area contributed by atoms with Crippen LogP contribution in [0.25, 0.3) is 0 Å². The van der Waals surface area contributed by atoms with Gasteiger partial charge in [0.15, 0.2) is 5.17 Å². The van der Waals surface area contributed by atoms with Gasteiger partial charge in [0.2, 0.25) is 0 Å². The monoisotopic (exact) mass is 447 g/mol. The van der Waals surface area contributed by atoms with Crippen LogP contribution in [0.1, 0.15) is 11.1 Å². The zero-order valence-electron chi connectivity index (χ0n) is 15.6. The number of carbonyl (C=O) groups excluding carboxylic acids is 2. The number of carbonyl (C=O) groups is 2. The molecule has 154 valence electrons. The predicted molar refractivity (Wildman–Crippen MR) is 113 cm³/mol. The first kappa shape index (κ1) is 21.5. The lowest BCUT2D eigenvalue weighted by Crippen LogP contribution is -2.19. The molecule has 1 heterocycles. The third kappa shape index (κ3) is 5.91. The number of thioether (sulfide) groups is 1. The van der Waals surface area contributed by atoms with Crippen molar-refractivity contribution in [3.05, 3.63) is 75.4 Å². The fourth-order valence-corrected chi connectivity index (χ4v) is 3.14. The lowest BCUT2D eigenvalue weighted by molar-refractivity contribution is -0.135. The number of nitrogens with one attached hydrogen (secondary N) is 1. The lowest BCUT2D eigenvalue weighted by atomic mass is 10.2. The number of amidine groups is 1. The number of hydrogen-bond donors (Lipinski definition) is 1. The highest BCUT2D eigenvalue weighted by atomic mass is 35.5. The maximum atomic E-state index is 13.8. The first-order valence-corrected chi connectivity index (χ1v) is 9.70. The van der Waals surface area contributed by atoms with Gasteiger partial charge in [0.25, 0.3) is 5.91 Å².